The Balaban J connectivity index is 1.73. The summed E-state index contributed by atoms with van der Waals surface area (Å²) in [4.78, 5) is 4.47. The summed E-state index contributed by atoms with van der Waals surface area (Å²) in [5.41, 5.74) is 6.74. The quantitative estimate of drug-likeness (QED) is 0.946. The highest BCUT2D eigenvalue weighted by Gasteiger charge is 2.30. The van der Waals surface area contributed by atoms with Crippen molar-refractivity contribution in [3.05, 3.63) is 52.7 Å². The van der Waals surface area contributed by atoms with Gasteiger partial charge in [-0.2, -0.15) is 13.2 Å². The maximum absolute atomic E-state index is 12.5. The van der Waals surface area contributed by atoms with E-state index in [2.05, 4.69) is 4.98 Å². The van der Waals surface area contributed by atoms with Crippen molar-refractivity contribution in [2.45, 2.75) is 31.9 Å². The molecule has 2 N–H and O–H groups in total. The Labute approximate surface area is 126 Å². The lowest BCUT2D eigenvalue weighted by molar-refractivity contribution is -0.137. The Hall–Kier alpha value is -1.82. The van der Waals surface area contributed by atoms with Crippen molar-refractivity contribution in [2.75, 3.05) is 6.54 Å². The van der Waals surface area contributed by atoms with Crippen LogP contribution in [0.2, 0.25) is 0 Å². The Morgan fingerprint density at radius 1 is 1.23 bits per heavy atom. The van der Waals surface area contributed by atoms with Gasteiger partial charge in [-0.1, -0.05) is 12.1 Å². The molecular weight excluding hydrogens is 293 g/mol. The zero-order chi connectivity index (χ0) is 15.7. The zero-order valence-corrected chi connectivity index (χ0v) is 12.0. The van der Waals surface area contributed by atoms with Gasteiger partial charge in [0.1, 0.15) is 5.76 Å². The Morgan fingerprint density at radius 3 is 2.59 bits per heavy atom. The van der Waals surface area contributed by atoms with Gasteiger partial charge in [0.05, 0.1) is 11.3 Å². The van der Waals surface area contributed by atoms with E-state index in [0.29, 0.717) is 24.8 Å². The van der Waals surface area contributed by atoms with Gasteiger partial charge in [0.15, 0.2) is 5.89 Å². The molecule has 6 heteroatoms. The number of halogens is 3. The molecular formula is C16H17F3N2O. The predicted molar refractivity (Wildman–Crippen MR) is 75.3 cm³/mol. The average Bonchev–Trinajstić information content (AvgIpc) is 2.88. The predicted octanol–water partition coefficient (Wildman–Crippen LogP) is 3.35. The average molecular weight is 310 g/mol. The van der Waals surface area contributed by atoms with Crippen molar-refractivity contribution in [1.29, 1.82) is 0 Å². The molecule has 0 saturated heterocycles. The van der Waals surface area contributed by atoms with Gasteiger partial charge in [0, 0.05) is 12.8 Å². The molecule has 0 aliphatic heterocycles. The standard InChI is InChI=1S/C16H17F3N2O/c17-16(18,19)12-4-1-10(2-5-12)8-15-21-13-7-11(9-20)3-6-14(13)22-15/h1-2,4-5,11H,3,6-9,20H2. The van der Waals surface area contributed by atoms with Gasteiger partial charge in [-0.25, -0.2) is 4.98 Å². The first-order chi connectivity index (χ1) is 10.5. The number of hydrogen-bond donors (Lipinski definition) is 1. The Kier molecular flexibility index (Phi) is 3.95. The fraction of sp³-hybridized carbons (Fsp3) is 0.438. The van der Waals surface area contributed by atoms with E-state index >= 15 is 0 Å². The maximum Gasteiger partial charge on any atom is 0.416 e. The van der Waals surface area contributed by atoms with Crippen molar-refractivity contribution in [3.8, 4) is 0 Å². The minimum absolute atomic E-state index is 0.401. The lowest BCUT2D eigenvalue weighted by atomic mass is 9.90. The van der Waals surface area contributed by atoms with Crippen molar-refractivity contribution in [1.82, 2.24) is 4.98 Å². The summed E-state index contributed by atoms with van der Waals surface area (Å²) < 4.78 is 43.3. The number of rotatable bonds is 3. The van der Waals surface area contributed by atoms with Gasteiger partial charge in [-0.15, -0.1) is 0 Å². The van der Waals surface area contributed by atoms with Gasteiger partial charge in [-0.3, -0.25) is 0 Å². The molecule has 3 rings (SSSR count). The molecule has 0 radical (unpaired) electrons. The fourth-order valence-corrected chi connectivity index (χ4v) is 2.77. The lowest BCUT2D eigenvalue weighted by Crippen LogP contribution is -2.21. The number of aromatic nitrogens is 1. The fourth-order valence-electron chi connectivity index (χ4n) is 2.77. The number of nitrogens with two attached hydrogens (primary N) is 1. The van der Waals surface area contributed by atoms with Crippen LogP contribution in [-0.4, -0.2) is 11.5 Å². The van der Waals surface area contributed by atoms with Gasteiger partial charge >= 0.3 is 6.18 Å². The zero-order valence-electron chi connectivity index (χ0n) is 12.0. The van der Waals surface area contributed by atoms with Crippen LogP contribution in [-0.2, 0) is 25.4 Å². The highest BCUT2D eigenvalue weighted by atomic mass is 19.4. The Bertz CT molecular complexity index is 646. The molecule has 1 aromatic heterocycles. The summed E-state index contributed by atoms with van der Waals surface area (Å²) in [5, 5.41) is 0. The first-order valence-corrected chi connectivity index (χ1v) is 7.29. The van der Waals surface area contributed by atoms with E-state index in [1.54, 1.807) is 0 Å². The molecule has 22 heavy (non-hydrogen) atoms. The molecule has 118 valence electrons. The molecule has 0 fully saturated rings. The number of fused-ring (bicyclic) bond motifs is 1. The Morgan fingerprint density at radius 2 is 1.95 bits per heavy atom. The van der Waals surface area contributed by atoms with Gasteiger partial charge in [0.25, 0.3) is 0 Å². The molecule has 0 saturated carbocycles. The highest BCUT2D eigenvalue weighted by molar-refractivity contribution is 5.27. The van der Waals surface area contributed by atoms with Gasteiger partial charge in [0.2, 0.25) is 0 Å². The van der Waals surface area contributed by atoms with Gasteiger partial charge < -0.3 is 10.2 Å². The van der Waals surface area contributed by atoms with Crippen LogP contribution in [0.5, 0.6) is 0 Å². The maximum atomic E-state index is 12.5. The van der Waals surface area contributed by atoms with Crippen LogP contribution in [0.25, 0.3) is 0 Å². The smallest absolute Gasteiger partial charge is 0.416 e. The van der Waals surface area contributed by atoms with E-state index < -0.39 is 11.7 Å². The van der Waals surface area contributed by atoms with Crippen molar-refractivity contribution < 1.29 is 17.6 Å². The molecule has 1 heterocycles. The second-order valence-corrected chi connectivity index (χ2v) is 5.69. The number of oxazole rings is 1. The first-order valence-electron chi connectivity index (χ1n) is 7.29. The summed E-state index contributed by atoms with van der Waals surface area (Å²) in [7, 11) is 0. The number of benzene rings is 1. The molecule has 1 aromatic carbocycles. The van der Waals surface area contributed by atoms with Crippen molar-refractivity contribution in [2.24, 2.45) is 11.7 Å². The summed E-state index contributed by atoms with van der Waals surface area (Å²) in [6, 6.07) is 5.11. The largest absolute Gasteiger partial charge is 0.445 e. The molecule has 0 bridgehead atoms. The minimum atomic E-state index is -4.31. The molecule has 1 unspecified atom stereocenters. The molecule has 1 atom stereocenters. The topological polar surface area (TPSA) is 52.0 Å². The second-order valence-electron chi connectivity index (χ2n) is 5.69. The normalized spacial score (nSPS) is 18.3. The molecule has 3 nitrogen and oxygen atoms in total. The summed E-state index contributed by atoms with van der Waals surface area (Å²) >= 11 is 0. The summed E-state index contributed by atoms with van der Waals surface area (Å²) in [6.07, 6.45) is -1.26. The molecule has 0 spiro atoms. The van der Waals surface area contributed by atoms with Crippen LogP contribution >= 0.6 is 0 Å². The third-order valence-corrected chi connectivity index (χ3v) is 4.05. The van der Waals surface area contributed by atoms with Crippen LogP contribution in [0.15, 0.2) is 28.7 Å². The first kappa shape index (κ1) is 15.1. The molecule has 2 aromatic rings. The molecule has 0 amide bonds. The summed E-state index contributed by atoms with van der Waals surface area (Å²) in [5.74, 6) is 1.89. The number of nitrogens with zero attached hydrogens (tertiary/aromatic N) is 1. The van der Waals surface area contributed by atoms with Gasteiger partial charge in [-0.05, 0) is 43.0 Å². The van der Waals surface area contributed by atoms with E-state index in [9.17, 15) is 13.2 Å². The van der Waals surface area contributed by atoms with Crippen molar-refractivity contribution in [3.63, 3.8) is 0 Å². The lowest BCUT2D eigenvalue weighted by Gasteiger charge is -2.17. The van der Waals surface area contributed by atoms with Crippen LogP contribution in [0, 0.1) is 5.92 Å². The SMILES string of the molecule is NCC1CCc2oc(Cc3ccc(C(F)(F)F)cc3)nc2C1. The van der Waals surface area contributed by atoms with Crippen LogP contribution in [0.3, 0.4) is 0 Å². The molecule has 1 aliphatic carbocycles. The third kappa shape index (κ3) is 3.16. The third-order valence-electron chi connectivity index (χ3n) is 4.05. The minimum Gasteiger partial charge on any atom is -0.445 e. The van der Waals surface area contributed by atoms with E-state index in [-0.39, 0.29) is 0 Å². The number of aryl methyl sites for hydroxylation is 1. The van der Waals surface area contributed by atoms with Crippen LogP contribution in [0.4, 0.5) is 13.2 Å². The highest BCUT2D eigenvalue weighted by Crippen LogP contribution is 2.30. The van der Waals surface area contributed by atoms with E-state index in [0.717, 1.165) is 48.4 Å². The van der Waals surface area contributed by atoms with Crippen LogP contribution < -0.4 is 5.73 Å². The monoisotopic (exact) mass is 310 g/mol. The van der Waals surface area contributed by atoms with E-state index in [1.165, 1.54) is 12.1 Å². The summed E-state index contributed by atoms with van der Waals surface area (Å²) in [6.45, 7) is 0.639. The van der Waals surface area contributed by atoms with Crippen molar-refractivity contribution >= 4 is 0 Å². The second kappa shape index (κ2) is 5.76. The number of hydrogen-bond acceptors (Lipinski definition) is 3. The van der Waals surface area contributed by atoms with E-state index in [4.69, 9.17) is 10.2 Å². The number of alkyl halides is 3. The molecule has 1 aliphatic rings. The van der Waals surface area contributed by atoms with Crippen LogP contribution in [0.1, 0.15) is 34.9 Å². The van der Waals surface area contributed by atoms with E-state index in [1.807, 2.05) is 0 Å².